The van der Waals surface area contributed by atoms with Gasteiger partial charge in [0.2, 0.25) is 0 Å². The second-order valence-electron chi connectivity index (χ2n) is 4.40. The van der Waals surface area contributed by atoms with E-state index in [1.807, 2.05) is 0 Å². The maximum Gasteiger partial charge on any atom is -0.0222 e. The second-order valence-corrected chi connectivity index (χ2v) is 4.40. The van der Waals surface area contributed by atoms with E-state index in [-0.39, 0.29) is 0 Å². The van der Waals surface area contributed by atoms with Gasteiger partial charge in [0.1, 0.15) is 0 Å². The molecular weight excluding hydrogens is 180 g/mol. The molecule has 0 atom stereocenters. The SMILES string of the molecule is CC1=Cc2cc(C)ccc2CC1.CCC. The van der Waals surface area contributed by atoms with Crippen molar-refractivity contribution >= 4 is 6.08 Å². The van der Waals surface area contributed by atoms with Gasteiger partial charge in [-0.2, -0.15) is 0 Å². The average molecular weight is 202 g/mol. The van der Waals surface area contributed by atoms with Crippen LogP contribution < -0.4 is 0 Å². The molecule has 1 aliphatic rings. The van der Waals surface area contributed by atoms with Crippen LogP contribution in [0.4, 0.5) is 0 Å². The van der Waals surface area contributed by atoms with E-state index in [0.29, 0.717) is 0 Å². The van der Waals surface area contributed by atoms with E-state index in [9.17, 15) is 0 Å². The molecule has 0 saturated carbocycles. The highest BCUT2D eigenvalue weighted by Gasteiger charge is 2.06. The number of aryl methyl sites for hydroxylation is 2. The zero-order valence-electron chi connectivity index (χ0n) is 10.4. The molecule has 0 unspecified atom stereocenters. The fourth-order valence-corrected chi connectivity index (χ4v) is 1.75. The van der Waals surface area contributed by atoms with Crippen molar-refractivity contribution in [3.8, 4) is 0 Å². The number of hydrogen-bond donors (Lipinski definition) is 0. The average Bonchev–Trinajstić information content (AvgIpc) is 2.18. The molecule has 1 aromatic rings. The van der Waals surface area contributed by atoms with Gasteiger partial charge in [0, 0.05) is 0 Å². The van der Waals surface area contributed by atoms with Gasteiger partial charge in [-0.3, -0.25) is 0 Å². The van der Waals surface area contributed by atoms with Gasteiger partial charge in [-0.1, -0.05) is 55.7 Å². The lowest BCUT2D eigenvalue weighted by atomic mass is 9.92. The largest absolute Gasteiger partial charge is 0.0724 e. The summed E-state index contributed by atoms with van der Waals surface area (Å²) >= 11 is 0. The van der Waals surface area contributed by atoms with Gasteiger partial charge in [0.15, 0.2) is 0 Å². The molecule has 0 nitrogen and oxygen atoms in total. The van der Waals surface area contributed by atoms with Crippen molar-refractivity contribution in [1.82, 2.24) is 0 Å². The maximum atomic E-state index is 2.31. The highest BCUT2D eigenvalue weighted by molar-refractivity contribution is 5.59. The number of allylic oxidation sites excluding steroid dienone is 1. The van der Waals surface area contributed by atoms with Crippen LogP contribution in [0.5, 0.6) is 0 Å². The Morgan fingerprint density at radius 1 is 1.07 bits per heavy atom. The fraction of sp³-hybridized carbons (Fsp3) is 0.467. The lowest BCUT2D eigenvalue weighted by Gasteiger charge is -2.13. The fourth-order valence-electron chi connectivity index (χ4n) is 1.75. The summed E-state index contributed by atoms with van der Waals surface area (Å²) < 4.78 is 0. The van der Waals surface area contributed by atoms with Crippen molar-refractivity contribution < 1.29 is 0 Å². The molecule has 0 saturated heterocycles. The van der Waals surface area contributed by atoms with Crippen LogP contribution >= 0.6 is 0 Å². The maximum absolute atomic E-state index is 2.31. The number of rotatable bonds is 0. The van der Waals surface area contributed by atoms with Crippen molar-refractivity contribution in [2.24, 2.45) is 0 Å². The third-order valence-electron chi connectivity index (χ3n) is 2.49. The molecule has 15 heavy (non-hydrogen) atoms. The van der Waals surface area contributed by atoms with Crippen molar-refractivity contribution in [2.75, 3.05) is 0 Å². The van der Waals surface area contributed by atoms with Crippen LogP contribution in [0.3, 0.4) is 0 Å². The molecule has 0 amide bonds. The molecule has 0 heterocycles. The van der Waals surface area contributed by atoms with E-state index >= 15 is 0 Å². The van der Waals surface area contributed by atoms with Crippen LogP contribution in [0.15, 0.2) is 23.8 Å². The molecule has 2 rings (SSSR count). The predicted octanol–water partition coefficient (Wildman–Crippen LogP) is 4.76. The first kappa shape index (κ1) is 12.0. The van der Waals surface area contributed by atoms with Gasteiger partial charge < -0.3 is 0 Å². The first-order valence-electron chi connectivity index (χ1n) is 5.94. The Morgan fingerprint density at radius 2 is 1.73 bits per heavy atom. The number of hydrogen-bond acceptors (Lipinski definition) is 0. The van der Waals surface area contributed by atoms with Crippen molar-refractivity contribution in [2.45, 2.75) is 47.0 Å². The second kappa shape index (κ2) is 5.75. The summed E-state index contributed by atoms with van der Waals surface area (Å²) in [5.74, 6) is 0. The predicted molar refractivity (Wildman–Crippen MR) is 69.1 cm³/mol. The van der Waals surface area contributed by atoms with E-state index in [1.54, 1.807) is 0 Å². The van der Waals surface area contributed by atoms with Crippen LogP contribution in [0.2, 0.25) is 0 Å². The quantitative estimate of drug-likeness (QED) is 0.569. The van der Waals surface area contributed by atoms with Gasteiger partial charge >= 0.3 is 0 Å². The molecule has 0 bridgehead atoms. The first-order chi connectivity index (χ1) is 7.17. The lowest BCUT2D eigenvalue weighted by Crippen LogP contribution is -1.97. The van der Waals surface area contributed by atoms with Gasteiger partial charge in [0.25, 0.3) is 0 Å². The Balaban J connectivity index is 0.000000337. The third-order valence-corrected chi connectivity index (χ3v) is 2.49. The van der Waals surface area contributed by atoms with Crippen LogP contribution in [-0.2, 0) is 6.42 Å². The molecule has 1 aromatic carbocycles. The van der Waals surface area contributed by atoms with Gasteiger partial charge in [-0.05, 0) is 37.8 Å². The standard InChI is InChI=1S/C12H14.C3H8/c1-9-3-5-11-6-4-10(2)8-12(11)7-9;1-3-2/h3,5,7-8H,4,6H2,1-2H3;3H2,1-2H3. The Kier molecular flexibility index (Phi) is 4.61. The molecule has 0 spiro atoms. The Bertz CT molecular complexity index is 345. The first-order valence-corrected chi connectivity index (χ1v) is 5.94. The zero-order valence-corrected chi connectivity index (χ0v) is 10.4. The highest BCUT2D eigenvalue weighted by atomic mass is 14.1. The normalized spacial score (nSPS) is 13.5. The van der Waals surface area contributed by atoms with Crippen molar-refractivity contribution in [3.05, 3.63) is 40.5 Å². The van der Waals surface area contributed by atoms with Crippen LogP contribution in [0.25, 0.3) is 6.08 Å². The van der Waals surface area contributed by atoms with E-state index in [2.05, 4.69) is 52.0 Å². The lowest BCUT2D eigenvalue weighted by molar-refractivity contribution is 0.926. The summed E-state index contributed by atoms with van der Waals surface area (Å²) in [7, 11) is 0. The molecule has 0 aromatic heterocycles. The summed E-state index contributed by atoms with van der Waals surface area (Å²) in [5, 5.41) is 0. The number of benzene rings is 1. The summed E-state index contributed by atoms with van der Waals surface area (Å²) in [5.41, 5.74) is 5.80. The summed E-state index contributed by atoms with van der Waals surface area (Å²) in [6.07, 6.45) is 6.01. The minimum absolute atomic E-state index is 1.22. The molecule has 0 N–H and O–H groups in total. The van der Waals surface area contributed by atoms with E-state index in [0.717, 1.165) is 0 Å². The topological polar surface area (TPSA) is 0 Å². The van der Waals surface area contributed by atoms with Gasteiger partial charge in [-0.15, -0.1) is 0 Å². The Hall–Kier alpha value is -1.04. The van der Waals surface area contributed by atoms with Crippen molar-refractivity contribution in [1.29, 1.82) is 0 Å². The van der Waals surface area contributed by atoms with Crippen LogP contribution in [0, 0.1) is 6.92 Å². The monoisotopic (exact) mass is 202 g/mol. The molecule has 0 aliphatic heterocycles. The number of fused-ring (bicyclic) bond motifs is 1. The van der Waals surface area contributed by atoms with E-state index in [1.165, 1.54) is 41.5 Å². The summed E-state index contributed by atoms with van der Waals surface area (Å²) in [6, 6.07) is 6.74. The van der Waals surface area contributed by atoms with Crippen LogP contribution in [0.1, 0.15) is 50.3 Å². The summed E-state index contributed by atoms with van der Waals surface area (Å²) in [6.45, 7) is 8.61. The zero-order chi connectivity index (χ0) is 11.3. The minimum Gasteiger partial charge on any atom is -0.0724 e. The Labute approximate surface area is 94.0 Å². The van der Waals surface area contributed by atoms with Gasteiger partial charge in [-0.25, -0.2) is 0 Å². The highest BCUT2D eigenvalue weighted by Crippen LogP contribution is 2.24. The Morgan fingerprint density at radius 3 is 2.40 bits per heavy atom. The molecule has 82 valence electrons. The van der Waals surface area contributed by atoms with Crippen molar-refractivity contribution in [3.63, 3.8) is 0 Å². The smallest absolute Gasteiger partial charge is 0.0222 e. The van der Waals surface area contributed by atoms with E-state index in [4.69, 9.17) is 0 Å². The molecular formula is C15H22. The molecule has 1 aliphatic carbocycles. The van der Waals surface area contributed by atoms with Gasteiger partial charge in [0.05, 0.1) is 0 Å². The third kappa shape index (κ3) is 3.54. The molecule has 0 radical (unpaired) electrons. The van der Waals surface area contributed by atoms with E-state index < -0.39 is 0 Å². The molecule has 0 heteroatoms. The minimum atomic E-state index is 1.22. The van der Waals surface area contributed by atoms with Crippen LogP contribution in [-0.4, -0.2) is 0 Å². The molecule has 0 fully saturated rings. The summed E-state index contributed by atoms with van der Waals surface area (Å²) in [4.78, 5) is 0.